The summed E-state index contributed by atoms with van der Waals surface area (Å²) >= 11 is 0. The third kappa shape index (κ3) is 16.6. The van der Waals surface area contributed by atoms with Gasteiger partial charge in [0.1, 0.15) is 23.0 Å². The second-order valence-electron chi connectivity index (χ2n) is 13.8. The van der Waals surface area contributed by atoms with Crippen molar-refractivity contribution in [1.82, 2.24) is 0 Å². The zero-order valence-electron chi connectivity index (χ0n) is 34.6. The largest absolute Gasteiger partial charge is 0.494 e. The van der Waals surface area contributed by atoms with Gasteiger partial charge >= 0.3 is 17.9 Å². The molecule has 0 bridgehead atoms. The van der Waals surface area contributed by atoms with Crippen LogP contribution in [0.15, 0.2) is 147 Å². The van der Waals surface area contributed by atoms with Gasteiger partial charge in [0, 0.05) is 29.5 Å². The van der Waals surface area contributed by atoms with E-state index in [-0.39, 0.29) is 5.78 Å². The van der Waals surface area contributed by atoms with Gasteiger partial charge in [-0.05, 0) is 121 Å². The lowest BCUT2D eigenvalue weighted by Crippen LogP contribution is -2.09. The number of unbranched alkanes of at least 4 members (excludes halogenated alkanes) is 6. The molecule has 10 heteroatoms. The molecule has 0 unspecified atom stereocenters. The van der Waals surface area contributed by atoms with Gasteiger partial charge in [0.2, 0.25) is 0 Å². The lowest BCUT2D eigenvalue weighted by Gasteiger charge is -2.09. The van der Waals surface area contributed by atoms with Crippen molar-refractivity contribution in [3.8, 4) is 34.1 Å². The maximum absolute atomic E-state index is 12.9. The molecule has 0 heterocycles. The maximum atomic E-state index is 12.9. The van der Waals surface area contributed by atoms with Crippen molar-refractivity contribution in [2.24, 2.45) is 0 Å². The van der Waals surface area contributed by atoms with Crippen molar-refractivity contribution in [3.05, 3.63) is 169 Å². The van der Waals surface area contributed by atoms with Gasteiger partial charge in [-0.3, -0.25) is 4.79 Å². The summed E-state index contributed by atoms with van der Waals surface area (Å²) in [7, 11) is 0. The fraction of sp³-hybridized carbons (Fsp3) is 0.235. The number of hydrogen-bond donors (Lipinski definition) is 1. The van der Waals surface area contributed by atoms with Crippen molar-refractivity contribution < 1.29 is 42.9 Å². The van der Waals surface area contributed by atoms with Crippen molar-refractivity contribution in [1.29, 1.82) is 5.41 Å². The fourth-order valence-corrected chi connectivity index (χ4v) is 5.74. The summed E-state index contributed by atoms with van der Waals surface area (Å²) in [4.78, 5) is 47.5. The highest BCUT2D eigenvalue weighted by atomic mass is 16.5. The summed E-state index contributed by atoms with van der Waals surface area (Å²) < 4.78 is 26.9. The first kappa shape index (κ1) is 46.6. The maximum Gasteiger partial charge on any atom is 0.343 e. The van der Waals surface area contributed by atoms with Gasteiger partial charge in [-0.1, -0.05) is 88.6 Å². The molecule has 5 aromatic carbocycles. The molecule has 5 rings (SSSR count). The number of carbonyl (C=O) groups excluding carboxylic acids is 4. The number of benzene rings is 5. The Hall–Kier alpha value is -7.07. The van der Waals surface area contributed by atoms with Gasteiger partial charge in [-0.25, -0.2) is 14.4 Å². The smallest absolute Gasteiger partial charge is 0.343 e. The molecule has 0 saturated heterocycles. The highest BCUT2D eigenvalue weighted by Gasteiger charge is 2.13. The van der Waals surface area contributed by atoms with Crippen LogP contribution >= 0.6 is 0 Å². The number of nitrogens with one attached hydrogen (secondary N) is 1. The van der Waals surface area contributed by atoms with Gasteiger partial charge in [-0.2, -0.15) is 0 Å². The van der Waals surface area contributed by atoms with Crippen LogP contribution in [0.25, 0.3) is 11.1 Å². The molecule has 5 aromatic rings. The zero-order chi connectivity index (χ0) is 43.7. The van der Waals surface area contributed by atoms with Crippen LogP contribution < -0.4 is 18.9 Å². The molecule has 0 aliphatic rings. The first-order valence-electron chi connectivity index (χ1n) is 20.4. The van der Waals surface area contributed by atoms with E-state index < -0.39 is 17.9 Å². The first-order chi connectivity index (χ1) is 29.7. The standard InChI is InChI=1S/C35H40O7.C16H13NO2/c1-3-5-6-7-8-9-24-39-30-18-12-27(13-19-30)34(37)28-14-22-32(23-15-28)42-35(38)29-16-20-31(21-17-29)40-25-10-11-26-41-33(36)4-2;1-2-16(18)19-15-9-7-14(8-10-15)13-5-3-12(11-17)4-6-13/h4,12-23H,2-3,5-11,24-26H2,1H3;2-11,17H,1H2. The summed E-state index contributed by atoms with van der Waals surface area (Å²) in [6, 6.07) is 35.2. The van der Waals surface area contributed by atoms with E-state index in [0.717, 1.165) is 41.0 Å². The molecule has 0 aromatic heterocycles. The number of carbonyl (C=O) groups is 4. The van der Waals surface area contributed by atoms with Gasteiger partial charge in [0.05, 0.1) is 25.4 Å². The molecular formula is C51H53NO9. The Balaban J connectivity index is 0.000000357. The van der Waals surface area contributed by atoms with Gasteiger partial charge in [0.15, 0.2) is 5.78 Å². The Morgan fingerprint density at radius 3 is 1.44 bits per heavy atom. The average Bonchev–Trinajstić information content (AvgIpc) is 3.30. The topological polar surface area (TPSA) is 138 Å². The number of ketones is 1. The molecule has 316 valence electrons. The average molecular weight is 824 g/mol. The number of rotatable bonds is 23. The van der Waals surface area contributed by atoms with Gasteiger partial charge in [-0.15, -0.1) is 0 Å². The van der Waals surface area contributed by atoms with E-state index in [9.17, 15) is 19.2 Å². The molecule has 0 amide bonds. The van der Waals surface area contributed by atoms with Crippen LogP contribution in [0, 0.1) is 5.41 Å². The second-order valence-corrected chi connectivity index (χ2v) is 13.8. The van der Waals surface area contributed by atoms with E-state index in [2.05, 4.69) is 20.1 Å². The van der Waals surface area contributed by atoms with E-state index in [1.54, 1.807) is 72.8 Å². The molecule has 0 atom stereocenters. The van der Waals surface area contributed by atoms with Crippen molar-refractivity contribution in [2.75, 3.05) is 19.8 Å². The van der Waals surface area contributed by atoms with E-state index in [0.29, 0.717) is 66.6 Å². The quantitative estimate of drug-likeness (QED) is 0.0170. The molecule has 0 radical (unpaired) electrons. The van der Waals surface area contributed by atoms with Crippen molar-refractivity contribution in [3.63, 3.8) is 0 Å². The molecule has 61 heavy (non-hydrogen) atoms. The van der Waals surface area contributed by atoms with Gasteiger partial charge < -0.3 is 29.1 Å². The predicted molar refractivity (Wildman–Crippen MR) is 238 cm³/mol. The molecule has 0 spiro atoms. The van der Waals surface area contributed by atoms with Crippen LogP contribution in [0.4, 0.5) is 0 Å². The van der Waals surface area contributed by atoms with E-state index in [1.165, 1.54) is 38.3 Å². The fourth-order valence-electron chi connectivity index (χ4n) is 5.74. The lowest BCUT2D eigenvalue weighted by atomic mass is 10.0. The number of hydrogen-bond acceptors (Lipinski definition) is 10. The Morgan fingerprint density at radius 1 is 0.492 bits per heavy atom. The monoisotopic (exact) mass is 823 g/mol. The van der Waals surface area contributed by atoms with Gasteiger partial charge in [0.25, 0.3) is 0 Å². The van der Waals surface area contributed by atoms with Crippen LogP contribution in [0.1, 0.15) is 90.1 Å². The van der Waals surface area contributed by atoms with E-state index in [4.69, 9.17) is 29.1 Å². The van der Waals surface area contributed by atoms with E-state index in [1.807, 2.05) is 48.5 Å². The Labute approximate surface area is 358 Å². The molecular weight excluding hydrogens is 771 g/mol. The van der Waals surface area contributed by atoms with Crippen molar-refractivity contribution in [2.45, 2.75) is 58.3 Å². The molecule has 0 saturated carbocycles. The summed E-state index contributed by atoms with van der Waals surface area (Å²) in [5, 5.41) is 7.15. The normalized spacial score (nSPS) is 10.2. The SMILES string of the molecule is C=CC(=O)OCCCCOc1ccc(C(=O)Oc2ccc(C(=O)c3ccc(OCCCCCCCC)cc3)cc2)cc1.C=CC(=O)Oc1ccc(-c2ccc(C=N)cc2)cc1. The molecule has 0 aliphatic carbocycles. The minimum atomic E-state index is -0.513. The summed E-state index contributed by atoms with van der Waals surface area (Å²) in [5.41, 5.74) is 4.36. The van der Waals surface area contributed by atoms with Crippen molar-refractivity contribution >= 4 is 29.9 Å². The molecule has 0 aliphatic heterocycles. The first-order valence-corrected chi connectivity index (χ1v) is 20.4. The third-order valence-electron chi connectivity index (χ3n) is 9.17. The molecule has 10 nitrogen and oxygen atoms in total. The summed E-state index contributed by atoms with van der Waals surface area (Å²) in [6.45, 7) is 10.4. The highest BCUT2D eigenvalue weighted by Crippen LogP contribution is 2.23. The Morgan fingerprint density at radius 2 is 0.918 bits per heavy atom. The number of esters is 3. The summed E-state index contributed by atoms with van der Waals surface area (Å²) in [5.74, 6) is 0.666. The van der Waals surface area contributed by atoms with Crippen LogP contribution in [0.5, 0.6) is 23.0 Å². The van der Waals surface area contributed by atoms with Crippen LogP contribution in [-0.2, 0) is 14.3 Å². The molecule has 0 fully saturated rings. The minimum Gasteiger partial charge on any atom is -0.494 e. The Bertz CT molecular complexity index is 2160. The van der Waals surface area contributed by atoms with E-state index >= 15 is 0 Å². The lowest BCUT2D eigenvalue weighted by molar-refractivity contribution is -0.138. The number of ether oxygens (including phenoxy) is 5. The minimum absolute atomic E-state index is 0.122. The third-order valence-corrected chi connectivity index (χ3v) is 9.17. The van der Waals surface area contributed by atoms with Crippen LogP contribution in [0.3, 0.4) is 0 Å². The second kappa shape index (κ2) is 26.1. The van der Waals surface area contributed by atoms with Crippen LogP contribution in [-0.4, -0.2) is 49.7 Å². The Kier molecular flexibility index (Phi) is 20.0. The summed E-state index contributed by atoms with van der Waals surface area (Å²) in [6.07, 6.45) is 12.2. The van der Waals surface area contributed by atoms with Crippen LogP contribution in [0.2, 0.25) is 0 Å². The highest BCUT2D eigenvalue weighted by molar-refractivity contribution is 6.09. The molecule has 1 N–H and O–H groups in total. The predicted octanol–water partition coefficient (Wildman–Crippen LogP) is 11.2. The zero-order valence-corrected chi connectivity index (χ0v) is 34.6.